The van der Waals surface area contributed by atoms with Crippen LogP contribution < -0.4 is 16.1 Å². The molecule has 0 atom stereocenters. The van der Waals surface area contributed by atoms with Crippen LogP contribution >= 0.6 is 12.2 Å². The Labute approximate surface area is 165 Å². The molecule has 3 rings (SSSR count). The second-order valence-corrected chi connectivity index (χ2v) is 6.78. The SMILES string of the molecule is Cc1cccc(N(c2ccc(C=NNC(N)=S)cc2)c2cccc(C)c2)c1. The lowest BCUT2D eigenvalue weighted by Crippen LogP contribution is -2.23. The molecule has 0 amide bonds. The summed E-state index contributed by atoms with van der Waals surface area (Å²) in [6, 6.07) is 25.2. The first-order valence-electron chi connectivity index (χ1n) is 8.65. The molecule has 3 N–H and O–H groups in total. The Balaban J connectivity index is 1.98. The summed E-state index contributed by atoms with van der Waals surface area (Å²) in [4.78, 5) is 2.24. The zero-order valence-electron chi connectivity index (χ0n) is 15.4. The molecule has 0 unspecified atom stereocenters. The highest BCUT2D eigenvalue weighted by Gasteiger charge is 2.12. The minimum Gasteiger partial charge on any atom is -0.375 e. The molecule has 0 aliphatic carbocycles. The van der Waals surface area contributed by atoms with Gasteiger partial charge in [0, 0.05) is 17.1 Å². The van der Waals surface area contributed by atoms with Gasteiger partial charge in [0.1, 0.15) is 0 Å². The van der Waals surface area contributed by atoms with Gasteiger partial charge in [0.25, 0.3) is 0 Å². The smallest absolute Gasteiger partial charge is 0.184 e. The maximum absolute atomic E-state index is 5.37. The molecule has 0 heterocycles. The van der Waals surface area contributed by atoms with Gasteiger partial charge in [0.2, 0.25) is 0 Å². The fourth-order valence-corrected chi connectivity index (χ4v) is 2.91. The topological polar surface area (TPSA) is 53.6 Å². The van der Waals surface area contributed by atoms with Crippen LogP contribution in [0.2, 0.25) is 0 Å². The molecule has 5 heteroatoms. The minimum absolute atomic E-state index is 0.146. The number of thiocarbonyl (C=S) groups is 1. The number of nitrogens with two attached hydrogens (primary N) is 1. The second kappa shape index (κ2) is 8.47. The lowest BCUT2D eigenvalue weighted by atomic mass is 10.1. The summed E-state index contributed by atoms with van der Waals surface area (Å²) in [6.45, 7) is 4.21. The lowest BCUT2D eigenvalue weighted by molar-refractivity contribution is 1.04. The normalized spacial score (nSPS) is 10.7. The van der Waals surface area contributed by atoms with Crippen molar-refractivity contribution in [3.05, 3.63) is 89.5 Å². The van der Waals surface area contributed by atoms with Crippen molar-refractivity contribution >= 4 is 40.6 Å². The van der Waals surface area contributed by atoms with Gasteiger partial charge in [0.15, 0.2) is 5.11 Å². The Morgan fingerprint density at radius 2 is 1.44 bits per heavy atom. The van der Waals surface area contributed by atoms with E-state index in [4.69, 9.17) is 18.0 Å². The highest BCUT2D eigenvalue weighted by molar-refractivity contribution is 7.80. The third-order valence-corrected chi connectivity index (χ3v) is 4.15. The molecule has 0 bridgehead atoms. The average molecular weight is 375 g/mol. The number of hydrogen-bond donors (Lipinski definition) is 2. The molecule has 0 saturated carbocycles. The number of nitrogens with zero attached hydrogens (tertiary/aromatic N) is 2. The summed E-state index contributed by atoms with van der Waals surface area (Å²) in [6.07, 6.45) is 1.69. The van der Waals surface area contributed by atoms with Crippen molar-refractivity contribution < 1.29 is 0 Å². The second-order valence-electron chi connectivity index (χ2n) is 6.34. The molecular formula is C22H22N4S. The first-order chi connectivity index (χ1) is 13.0. The Kier molecular flexibility index (Phi) is 5.84. The molecule has 4 nitrogen and oxygen atoms in total. The number of benzene rings is 3. The number of anilines is 3. The number of hydrazone groups is 1. The highest BCUT2D eigenvalue weighted by Crippen LogP contribution is 2.35. The molecule has 3 aromatic carbocycles. The molecule has 0 aliphatic rings. The van der Waals surface area contributed by atoms with E-state index in [0.29, 0.717) is 0 Å². The third kappa shape index (κ3) is 4.92. The van der Waals surface area contributed by atoms with E-state index in [-0.39, 0.29) is 5.11 Å². The molecule has 136 valence electrons. The number of aryl methyl sites for hydroxylation is 2. The summed E-state index contributed by atoms with van der Waals surface area (Å²) in [5.41, 5.74) is 14.7. The van der Waals surface area contributed by atoms with E-state index in [1.54, 1.807) is 6.21 Å². The lowest BCUT2D eigenvalue weighted by Gasteiger charge is -2.26. The summed E-state index contributed by atoms with van der Waals surface area (Å²) < 4.78 is 0. The van der Waals surface area contributed by atoms with Crippen molar-refractivity contribution in [2.75, 3.05) is 4.90 Å². The van der Waals surface area contributed by atoms with Gasteiger partial charge in [-0.2, -0.15) is 5.10 Å². The maximum atomic E-state index is 5.37. The van der Waals surface area contributed by atoms with Crippen LogP contribution in [0.5, 0.6) is 0 Å². The van der Waals surface area contributed by atoms with E-state index in [9.17, 15) is 0 Å². The molecular weight excluding hydrogens is 352 g/mol. The van der Waals surface area contributed by atoms with Gasteiger partial charge in [0.05, 0.1) is 6.21 Å². The van der Waals surface area contributed by atoms with E-state index in [2.05, 4.69) is 89.9 Å². The molecule has 0 aromatic heterocycles. The zero-order valence-corrected chi connectivity index (χ0v) is 16.2. The van der Waals surface area contributed by atoms with Crippen molar-refractivity contribution in [2.45, 2.75) is 13.8 Å². The predicted molar refractivity (Wildman–Crippen MR) is 118 cm³/mol. The molecule has 0 radical (unpaired) electrons. The van der Waals surface area contributed by atoms with Crippen molar-refractivity contribution in [1.29, 1.82) is 0 Å². The molecule has 0 fully saturated rings. The summed E-state index contributed by atoms with van der Waals surface area (Å²) in [5.74, 6) is 0. The van der Waals surface area contributed by atoms with E-state index < -0.39 is 0 Å². The van der Waals surface area contributed by atoms with Crippen LogP contribution in [-0.2, 0) is 0 Å². The zero-order chi connectivity index (χ0) is 19.2. The van der Waals surface area contributed by atoms with Gasteiger partial charge in [-0.1, -0.05) is 36.4 Å². The minimum atomic E-state index is 0.146. The van der Waals surface area contributed by atoms with Gasteiger partial charge >= 0.3 is 0 Å². The Bertz CT molecular complexity index is 919. The van der Waals surface area contributed by atoms with Crippen LogP contribution in [0, 0.1) is 13.8 Å². The molecule has 0 spiro atoms. The summed E-state index contributed by atoms with van der Waals surface area (Å²) >= 11 is 4.74. The van der Waals surface area contributed by atoms with Gasteiger partial charge < -0.3 is 10.6 Å². The van der Waals surface area contributed by atoms with Crippen LogP contribution in [0.4, 0.5) is 17.1 Å². The average Bonchev–Trinajstić information content (AvgIpc) is 2.63. The number of rotatable bonds is 5. The third-order valence-electron chi connectivity index (χ3n) is 4.06. The highest BCUT2D eigenvalue weighted by atomic mass is 32.1. The van der Waals surface area contributed by atoms with Gasteiger partial charge in [-0.05, 0) is 79.2 Å². The van der Waals surface area contributed by atoms with Crippen LogP contribution in [0.25, 0.3) is 0 Å². The van der Waals surface area contributed by atoms with E-state index in [1.807, 2.05) is 12.1 Å². The Morgan fingerprint density at radius 1 is 0.889 bits per heavy atom. The van der Waals surface area contributed by atoms with Crippen LogP contribution in [-0.4, -0.2) is 11.3 Å². The van der Waals surface area contributed by atoms with Crippen LogP contribution in [0.15, 0.2) is 77.9 Å². The number of hydrogen-bond acceptors (Lipinski definition) is 3. The quantitative estimate of drug-likeness (QED) is 0.377. The fourth-order valence-electron chi connectivity index (χ4n) is 2.86. The maximum Gasteiger partial charge on any atom is 0.184 e. The molecule has 0 aliphatic heterocycles. The standard InChI is InChI=1S/C22H22N4S/c1-16-5-3-7-20(13-16)26(21-8-4-6-17(2)14-21)19-11-9-18(10-12-19)15-24-25-22(23)27/h3-15H,1-2H3,(H3,23,25,27). The molecule has 3 aromatic rings. The predicted octanol–water partition coefficient (Wildman–Crippen LogP) is 4.94. The van der Waals surface area contributed by atoms with E-state index in [1.165, 1.54) is 11.1 Å². The summed E-state index contributed by atoms with van der Waals surface area (Å²) in [5, 5.41) is 4.15. The molecule has 27 heavy (non-hydrogen) atoms. The monoisotopic (exact) mass is 374 g/mol. The largest absolute Gasteiger partial charge is 0.375 e. The fraction of sp³-hybridized carbons (Fsp3) is 0.0909. The first-order valence-corrected chi connectivity index (χ1v) is 9.06. The van der Waals surface area contributed by atoms with E-state index >= 15 is 0 Å². The van der Waals surface area contributed by atoms with Crippen molar-refractivity contribution in [3.8, 4) is 0 Å². The van der Waals surface area contributed by atoms with Crippen molar-refractivity contribution in [1.82, 2.24) is 5.43 Å². The van der Waals surface area contributed by atoms with Crippen LogP contribution in [0.3, 0.4) is 0 Å². The van der Waals surface area contributed by atoms with Gasteiger partial charge in [-0.25, -0.2) is 0 Å². The van der Waals surface area contributed by atoms with E-state index in [0.717, 1.165) is 22.6 Å². The van der Waals surface area contributed by atoms with Crippen molar-refractivity contribution in [2.24, 2.45) is 10.8 Å². The first kappa shape index (κ1) is 18.6. The van der Waals surface area contributed by atoms with Gasteiger partial charge in [-0.3, -0.25) is 5.43 Å². The van der Waals surface area contributed by atoms with Gasteiger partial charge in [-0.15, -0.1) is 0 Å². The summed E-state index contributed by atoms with van der Waals surface area (Å²) in [7, 11) is 0. The molecule has 0 saturated heterocycles. The number of nitrogens with one attached hydrogen (secondary N) is 1. The van der Waals surface area contributed by atoms with Crippen LogP contribution in [0.1, 0.15) is 16.7 Å². The van der Waals surface area contributed by atoms with Crippen molar-refractivity contribution in [3.63, 3.8) is 0 Å². The Morgan fingerprint density at radius 3 is 1.93 bits per heavy atom. The Hall–Kier alpha value is -3.18.